The molecule has 0 saturated carbocycles. The van der Waals surface area contributed by atoms with E-state index in [4.69, 9.17) is 4.74 Å². The molecule has 0 heterocycles. The maximum atomic E-state index is 12.0. The van der Waals surface area contributed by atoms with E-state index in [1.807, 2.05) is 45.9 Å². The zero-order chi connectivity index (χ0) is 23.3. The quantitative estimate of drug-likeness (QED) is 0.198. The highest BCUT2D eigenvalue weighted by Gasteiger charge is 2.18. The third-order valence-corrected chi connectivity index (χ3v) is 4.35. The van der Waals surface area contributed by atoms with Gasteiger partial charge in [-0.3, -0.25) is 9.79 Å². The molecule has 0 bridgehead atoms. The fourth-order valence-electron chi connectivity index (χ4n) is 2.86. The topological polar surface area (TPSA) is 104 Å². The lowest BCUT2D eigenvalue weighted by Gasteiger charge is -2.24. The Kier molecular flexibility index (Phi) is 14.7. The molecule has 1 unspecified atom stereocenters. The van der Waals surface area contributed by atoms with Crippen LogP contribution < -0.4 is 21.3 Å². The number of carbonyl (C=O) groups excluding carboxylic acids is 2. The Labute approximate surface area is 209 Å². The fourth-order valence-corrected chi connectivity index (χ4v) is 2.86. The summed E-state index contributed by atoms with van der Waals surface area (Å²) in [6.07, 6.45) is 2.54. The zero-order valence-electron chi connectivity index (χ0n) is 20.2. The van der Waals surface area contributed by atoms with E-state index in [2.05, 4.69) is 33.2 Å². The number of halogens is 1. The molecule has 1 aromatic carbocycles. The molecule has 0 spiro atoms. The van der Waals surface area contributed by atoms with Crippen LogP contribution in [0.2, 0.25) is 0 Å². The number of nitrogens with zero attached hydrogens (tertiary/aromatic N) is 1. The predicted octanol–water partition coefficient (Wildman–Crippen LogP) is 3.80. The first kappa shape index (κ1) is 30.0. The molecular formula is C23H40IN5O3. The molecule has 0 aromatic heterocycles. The first-order chi connectivity index (χ1) is 14.7. The van der Waals surface area contributed by atoms with E-state index in [1.54, 1.807) is 13.1 Å². The van der Waals surface area contributed by atoms with Gasteiger partial charge in [-0.05, 0) is 51.8 Å². The normalized spacial score (nSPS) is 12.2. The molecule has 182 valence electrons. The lowest BCUT2D eigenvalue weighted by Crippen LogP contribution is -2.48. The summed E-state index contributed by atoms with van der Waals surface area (Å²) >= 11 is 0. The summed E-state index contributed by atoms with van der Waals surface area (Å²) in [7, 11) is 1.71. The Morgan fingerprint density at radius 2 is 1.84 bits per heavy atom. The van der Waals surface area contributed by atoms with Crippen LogP contribution >= 0.6 is 24.0 Å². The smallest absolute Gasteiger partial charge is 0.407 e. The number of hydrogen-bond acceptors (Lipinski definition) is 4. The Hall–Kier alpha value is -2.04. The van der Waals surface area contributed by atoms with Crippen molar-refractivity contribution in [1.29, 1.82) is 0 Å². The van der Waals surface area contributed by atoms with Gasteiger partial charge >= 0.3 is 6.09 Å². The molecule has 32 heavy (non-hydrogen) atoms. The van der Waals surface area contributed by atoms with Crippen molar-refractivity contribution in [2.75, 3.05) is 20.1 Å². The van der Waals surface area contributed by atoms with Crippen LogP contribution in [-0.2, 0) is 11.3 Å². The van der Waals surface area contributed by atoms with Crippen LogP contribution in [0.15, 0.2) is 29.3 Å². The number of hydrogen-bond donors (Lipinski definition) is 4. The lowest BCUT2D eigenvalue weighted by atomic mass is 10.1. The second kappa shape index (κ2) is 15.7. The third kappa shape index (κ3) is 12.7. The molecule has 0 aliphatic carbocycles. The summed E-state index contributed by atoms with van der Waals surface area (Å²) in [5.74, 6) is 0.551. The van der Waals surface area contributed by atoms with Crippen LogP contribution in [0.25, 0.3) is 0 Å². The van der Waals surface area contributed by atoms with E-state index in [0.717, 1.165) is 24.8 Å². The van der Waals surface area contributed by atoms with Gasteiger partial charge in [-0.2, -0.15) is 0 Å². The number of rotatable bonds is 10. The van der Waals surface area contributed by atoms with E-state index in [-0.39, 0.29) is 35.9 Å². The van der Waals surface area contributed by atoms with E-state index in [9.17, 15) is 9.59 Å². The molecule has 0 saturated heterocycles. The minimum atomic E-state index is -0.531. The van der Waals surface area contributed by atoms with Gasteiger partial charge < -0.3 is 26.0 Å². The first-order valence-electron chi connectivity index (χ1n) is 11.0. The zero-order valence-corrected chi connectivity index (χ0v) is 22.5. The number of guanidine groups is 1. The van der Waals surface area contributed by atoms with Crippen molar-refractivity contribution in [2.24, 2.45) is 4.99 Å². The first-order valence-corrected chi connectivity index (χ1v) is 11.0. The van der Waals surface area contributed by atoms with Crippen LogP contribution in [0.3, 0.4) is 0 Å². The van der Waals surface area contributed by atoms with Crippen LogP contribution in [0.5, 0.6) is 0 Å². The molecule has 2 amide bonds. The molecule has 4 N–H and O–H groups in total. The van der Waals surface area contributed by atoms with Crippen molar-refractivity contribution in [2.45, 2.75) is 72.1 Å². The molecule has 1 aromatic rings. The average Bonchev–Trinajstić information content (AvgIpc) is 2.71. The number of unbranched alkanes of at least 4 members (excludes halogenated alkanes) is 1. The Balaban J connectivity index is 0.00000961. The molecule has 1 atom stereocenters. The van der Waals surface area contributed by atoms with Gasteiger partial charge in [0.2, 0.25) is 0 Å². The third-order valence-electron chi connectivity index (χ3n) is 4.35. The average molecular weight is 562 g/mol. The Morgan fingerprint density at radius 3 is 2.44 bits per heavy atom. The molecule has 0 aliphatic heterocycles. The molecule has 8 nitrogen and oxygen atoms in total. The number of nitrogens with one attached hydrogen (secondary N) is 4. The molecule has 0 radical (unpaired) electrons. The Bertz CT molecular complexity index is 735. The summed E-state index contributed by atoms with van der Waals surface area (Å²) in [6, 6.07) is 7.50. The van der Waals surface area contributed by atoms with Crippen molar-refractivity contribution in [3.05, 3.63) is 35.4 Å². The maximum Gasteiger partial charge on any atom is 0.407 e. The van der Waals surface area contributed by atoms with Crippen molar-refractivity contribution in [3.8, 4) is 0 Å². The van der Waals surface area contributed by atoms with Crippen molar-refractivity contribution in [1.82, 2.24) is 21.3 Å². The van der Waals surface area contributed by atoms with Crippen molar-refractivity contribution in [3.63, 3.8) is 0 Å². The van der Waals surface area contributed by atoms with Crippen molar-refractivity contribution >= 4 is 41.9 Å². The van der Waals surface area contributed by atoms with Gasteiger partial charge in [0.25, 0.3) is 5.91 Å². The lowest BCUT2D eigenvalue weighted by molar-refractivity contribution is 0.0522. The van der Waals surface area contributed by atoms with Gasteiger partial charge in [-0.25, -0.2) is 4.79 Å². The summed E-state index contributed by atoms with van der Waals surface area (Å²) in [5, 5.41) is 12.3. The molecular weight excluding hydrogens is 521 g/mol. The highest BCUT2D eigenvalue weighted by Crippen LogP contribution is 2.07. The number of amides is 2. The van der Waals surface area contributed by atoms with E-state index >= 15 is 0 Å². The number of ether oxygens (including phenoxy) is 1. The fraction of sp³-hybridized carbons (Fsp3) is 0.609. The molecule has 0 aliphatic rings. The second-order valence-corrected chi connectivity index (χ2v) is 8.35. The number of carbonyl (C=O) groups is 2. The number of alkyl carbamates (subject to hydrolysis) is 1. The van der Waals surface area contributed by atoms with Gasteiger partial charge in [-0.1, -0.05) is 31.9 Å². The highest BCUT2D eigenvalue weighted by molar-refractivity contribution is 14.0. The van der Waals surface area contributed by atoms with E-state index in [1.165, 1.54) is 0 Å². The summed E-state index contributed by atoms with van der Waals surface area (Å²) < 4.78 is 5.32. The Morgan fingerprint density at radius 1 is 1.12 bits per heavy atom. The predicted molar refractivity (Wildman–Crippen MR) is 141 cm³/mol. The van der Waals surface area contributed by atoms with Gasteiger partial charge in [0.15, 0.2) is 5.96 Å². The SMILES string of the molecule is CCCCC(CNC(=O)OC(C)(C)C)NC(=NC)NCc1cccc(C(=O)NCC)c1.I. The van der Waals surface area contributed by atoms with Gasteiger partial charge in [-0.15, -0.1) is 24.0 Å². The summed E-state index contributed by atoms with van der Waals surface area (Å²) in [4.78, 5) is 28.3. The molecule has 9 heteroatoms. The highest BCUT2D eigenvalue weighted by atomic mass is 127. The van der Waals surface area contributed by atoms with Crippen LogP contribution in [0, 0.1) is 0 Å². The molecule has 1 rings (SSSR count). The van der Waals surface area contributed by atoms with Gasteiger partial charge in [0, 0.05) is 38.3 Å². The minimum Gasteiger partial charge on any atom is -0.444 e. The van der Waals surface area contributed by atoms with Gasteiger partial charge in [0.1, 0.15) is 5.60 Å². The minimum absolute atomic E-state index is 0. The summed E-state index contributed by atoms with van der Waals surface area (Å²) in [5.41, 5.74) is 1.08. The van der Waals surface area contributed by atoms with E-state index < -0.39 is 11.7 Å². The van der Waals surface area contributed by atoms with E-state index in [0.29, 0.717) is 31.2 Å². The summed E-state index contributed by atoms with van der Waals surface area (Å²) in [6.45, 7) is 11.1. The largest absolute Gasteiger partial charge is 0.444 e. The van der Waals surface area contributed by atoms with Crippen molar-refractivity contribution < 1.29 is 14.3 Å². The second-order valence-electron chi connectivity index (χ2n) is 8.35. The molecule has 0 fully saturated rings. The van der Waals surface area contributed by atoms with Crippen LogP contribution in [0.4, 0.5) is 4.79 Å². The van der Waals surface area contributed by atoms with Crippen LogP contribution in [-0.4, -0.2) is 49.7 Å². The standard InChI is InChI=1S/C23H39N5O3.HI/c1-7-9-13-19(16-27-22(30)31-23(3,4)5)28-21(24-6)26-15-17-11-10-12-18(14-17)20(29)25-8-2;/h10-12,14,19H,7-9,13,15-16H2,1-6H3,(H,25,29)(H,27,30)(H2,24,26,28);1H. The van der Waals surface area contributed by atoms with Gasteiger partial charge in [0.05, 0.1) is 0 Å². The monoisotopic (exact) mass is 561 g/mol. The maximum absolute atomic E-state index is 12.0. The van der Waals surface area contributed by atoms with Crippen LogP contribution in [0.1, 0.15) is 69.8 Å². The number of benzene rings is 1. The number of aliphatic imine (C=N–C) groups is 1.